The topological polar surface area (TPSA) is 38.0 Å². The van der Waals surface area contributed by atoms with E-state index in [1.54, 1.807) is 12.1 Å². The van der Waals surface area contributed by atoms with Gasteiger partial charge in [0.05, 0.1) is 15.7 Å². The first-order valence-electron chi connectivity index (χ1n) is 5.29. The van der Waals surface area contributed by atoms with Crippen molar-refractivity contribution in [3.05, 3.63) is 58.1 Å². The van der Waals surface area contributed by atoms with Gasteiger partial charge < -0.3 is 11.1 Å². The van der Waals surface area contributed by atoms with Crippen LogP contribution in [0.4, 0.5) is 20.2 Å². The molecular formula is C13H9BrF2N2S. The zero-order valence-electron chi connectivity index (χ0n) is 9.58. The molecule has 0 aliphatic rings. The molecule has 0 radical (unpaired) electrons. The predicted octanol–water partition coefficient (Wildman–Crippen LogP) is 4.11. The molecular weight excluding hydrogens is 334 g/mol. The normalized spacial score (nSPS) is 10.3. The van der Waals surface area contributed by atoms with E-state index >= 15 is 0 Å². The molecule has 2 aromatic rings. The lowest BCUT2D eigenvalue weighted by Gasteiger charge is -2.12. The van der Waals surface area contributed by atoms with Gasteiger partial charge in [-0.05, 0) is 46.3 Å². The van der Waals surface area contributed by atoms with E-state index in [2.05, 4.69) is 21.2 Å². The summed E-state index contributed by atoms with van der Waals surface area (Å²) >= 11 is 7.91. The van der Waals surface area contributed by atoms with Crippen molar-refractivity contribution in [1.82, 2.24) is 0 Å². The van der Waals surface area contributed by atoms with Crippen LogP contribution in [0.1, 0.15) is 5.56 Å². The van der Waals surface area contributed by atoms with E-state index in [1.807, 2.05) is 0 Å². The van der Waals surface area contributed by atoms with Crippen LogP contribution in [0.3, 0.4) is 0 Å². The number of anilines is 2. The Morgan fingerprint density at radius 3 is 2.53 bits per heavy atom. The maximum absolute atomic E-state index is 13.7. The molecule has 0 saturated heterocycles. The van der Waals surface area contributed by atoms with Crippen molar-refractivity contribution in [3.8, 4) is 0 Å². The first kappa shape index (κ1) is 13.9. The van der Waals surface area contributed by atoms with E-state index in [0.29, 0.717) is 15.8 Å². The van der Waals surface area contributed by atoms with Crippen molar-refractivity contribution in [3.63, 3.8) is 0 Å². The maximum Gasteiger partial charge on any atom is 0.137 e. The number of nitrogens with one attached hydrogen (secondary N) is 1. The summed E-state index contributed by atoms with van der Waals surface area (Å²) in [6, 6.07) is 8.84. The van der Waals surface area contributed by atoms with Gasteiger partial charge in [-0.15, -0.1) is 0 Å². The highest BCUT2D eigenvalue weighted by atomic mass is 79.9. The van der Waals surface area contributed by atoms with Crippen molar-refractivity contribution in [2.24, 2.45) is 5.73 Å². The second-order valence-corrected chi connectivity index (χ2v) is 5.07. The van der Waals surface area contributed by atoms with Crippen LogP contribution in [0.2, 0.25) is 0 Å². The lowest BCUT2D eigenvalue weighted by Crippen LogP contribution is -2.14. The molecule has 0 heterocycles. The number of halogens is 3. The Morgan fingerprint density at radius 1 is 1.16 bits per heavy atom. The highest BCUT2D eigenvalue weighted by Gasteiger charge is 2.11. The molecule has 6 heteroatoms. The molecule has 2 nitrogen and oxygen atoms in total. The van der Waals surface area contributed by atoms with Gasteiger partial charge >= 0.3 is 0 Å². The molecule has 0 unspecified atom stereocenters. The Bertz CT molecular complexity index is 647. The fourth-order valence-corrected chi connectivity index (χ4v) is 2.19. The second-order valence-electron chi connectivity index (χ2n) is 3.78. The monoisotopic (exact) mass is 342 g/mol. The first-order chi connectivity index (χ1) is 8.99. The van der Waals surface area contributed by atoms with Gasteiger partial charge in [0.2, 0.25) is 0 Å². The summed E-state index contributed by atoms with van der Waals surface area (Å²) < 4.78 is 27.1. The highest BCUT2D eigenvalue weighted by Crippen LogP contribution is 2.26. The molecule has 0 aliphatic carbocycles. The van der Waals surface area contributed by atoms with Gasteiger partial charge in [0.15, 0.2) is 0 Å². The van der Waals surface area contributed by atoms with Crippen LogP contribution in [0.15, 0.2) is 40.9 Å². The van der Waals surface area contributed by atoms with Crippen molar-refractivity contribution in [1.29, 1.82) is 0 Å². The highest BCUT2D eigenvalue weighted by molar-refractivity contribution is 9.10. The lowest BCUT2D eigenvalue weighted by molar-refractivity contribution is 0.621. The van der Waals surface area contributed by atoms with Crippen LogP contribution < -0.4 is 11.1 Å². The van der Waals surface area contributed by atoms with E-state index in [1.165, 1.54) is 24.3 Å². The Labute approximate surface area is 122 Å². The van der Waals surface area contributed by atoms with Gasteiger partial charge in [-0.2, -0.15) is 0 Å². The molecule has 0 fully saturated rings. The summed E-state index contributed by atoms with van der Waals surface area (Å²) in [4.78, 5) is -0.0400. The molecule has 0 aliphatic heterocycles. The van der Waals surface area contributed by atoms with Crippen LogP contribution in [0.25, 0.3) is 0 Å². The van der Waals surface area contributed by atoms with Gasteiger partial charge in [-0.3, -0.25) is 0 Å². The molecule has 3 N–H and O–H groups in total. The van der Waals surface area contributed by atoms with E-state index in [0.717, 1.165) is 0 Å². The number of hydrogen-bond acceptors (Lipinski definition) is 2. The van der Waals surface area contributed by atoms with E-state index in [4.69, 9.17) is 18.0 Å². The molecule has 2 rings (SSSR count). The summed E-state index contributed by atoms with van der Waals surface area (Å²) in [7, 11) is 0. The third-order valence-corrected chi connectivity index (χ3v) is 3.27. The molecule has 0 atom stereocenters. The number of benzene rings is 2. The Balaban J connectivity index is 2.40. The standard InChI is InChI=1S/C13H9BrF2N2S/c14-8-6-7(4-5-9(8)15)18-11-3-1-2-10(16)12(11)13(17)19/h1-6,18H,(H2,17,19). The van der Waals surface area contributed by atoms with Gasteiger partial charge in [0, 0.05) is 5.69 Å². The second kappa shape index (κ2) is 5.63. The summed E-state index contributed by atoms with van der Waals surface area (Å²) in [6.07, 6.45) is 0. The average molecular weight is 343 g/mol. The lowest BCUT2D eigenvalue weighted by atomic mass is 10.1. The fraction of sp³-hybridized carbons (Fsp3) is 0. The van der Waals surface area contributed by atoms with E-state index in [9.17, 15) is 8.78 Å². The molecule has 0 aromatic heterocycles. The smallest absolute Gasteiger partial charge is 0.137 e. The minimum absolute atomic E-state index is 0.0400. The molecule has 0 spiro atoms. The van der Waals surface area contributed by atoms with Crippen LogP contribution in [-0.2, 0) is 0 Å². The molecule has 98 valence electrons. The number of hydrogen-bond donors (Lipinski definition) is 2. The molecule has 19 heavy (non-hydrogen) atoms. The minimum Gasteiger partial charge on any atom is -0.389 e. The third-order valence-electron chi connectivity index (χ3n) is 2.46. The van der Waals surface area contributed by atoms with Gasteiger partial charge in [-0.1, -0.05) is 18.3 Å². The Morgan fingerprint density at radius 2 is 1.89 bits per heavy atom. The van der Waals surface area contributed by atoms with Gasteiger partial charge in [-0.25, -0.2) is 8.78 Å². The van der Waals surface area contributed by atoms with E-state index in [-0.39, 0.29) is 16.4 Å². The van der Waals surface area contributed by atoms with Crippen LogP contribution >= 0.6 is 28.1 Å². The zero-order valence-corrected chi connectivity index (χ0v) is 12.0. The fourth-order valence-electron chi connectivity index (χ4n) is 1.61. The Hall–Kier alpha value is -1.53. The quantitative estimate of drug-likeness (QED) is 0.824. The van der Waals surface area contributed by atoms with Gasteiger partial charge in [0.25, 0.3) is 0 Å². The average Bonchev–Trinajstić information content (AvgIpc) is 2.33. The van der Waals surface area contributed by atoms with E-state index < -0.39 is 5.82 Å². The van der Waals surface area contributed by atoms with Crippen LogP contribution in [0.5, 0.6) is 0 Å². The number of thiocarbonyl (C=S) groups is 1. The molecule has 2 aromatic carbocycles. The molecule has 0 saturated carbocycles. The summed E-state index contributed by atoms with van der Waals surface area (Å²) in [5.41, 5.74) is 6.67. The number of nitrogens with two attached hydrogens (primary N) is 1. The summed E-state index contributed by atoms with van der Waals surface area (Å²) in [5.74, 6) is -0.877. The van der Waals surface area contributed by atoms with Crippen LogP contribution in [0, 0.1) is 11.6 Å². The predicted molar refractivity (Wildman–Crippen MR) is 79.7 cm³/mol. The Kier molecular flexibility index (Phi) is 4.11. The summed E-state index contributed by atoms with van der Waals surface area (Å²) in [6.45, 7) is 0. The van der Waals surface area contributed by atoms with Crippen molar-refractivity contribution in [2.75, 3.05) is 5.32 Å². The zero-order chi connectivity index (χ0) is 14.0. The van der Waals surface area contributed by atoms with Crippen molar-refractivity contribution < 1.29 is 8.78 Å². The summed E-state index contributed by atoms with van der Waals surface area (Å²) in [5, 5.41) is 2.96. The van der Waals surface area contributed by atoms with Crippen molar-refractivity contribution >= 4 is 44.5 Å². The van der Waals surface area contributed by atoms with Gasteiger partial charge in [0.1, 0.15) is 16.6 Å². The molecule has 0 amide bonds. The third kappa shape index (κ3) is 3.08. The number of rotatable bonds is 3. The largest absolute Gasteiger partial charge is 0.389 e. The minimum atomic E-state index is -0.501. The van der Waals surface area contributed by atoms with Crippen molar-refractivity contribution in [2.45, 2.75) is 0 Å². The first-order valence-corrected chi connectivity index (χ1v) is 6.49. The SMILES string of the molecule is NC(=S)c1c(F)cccc1Nc1ccc(F)c(Br)c1. The molecule has 0 bridgehead atoms. The van der Waals surface area contributed by atoms with Crippen LogP contribution in [-0.4, -0.2) is 4.99 Å². The maximum atomic E-state index is 13.7.